The van der Waals surface area contributed by atoms with E-state index in [1.54, 1.807) is 18.9 Å². The lowest BCUT2D eigenvalue weighted by molar-refractivity contribution is -0.121. The fraction of sp³-hybridized carbons (Fsp3) is 0.429. The van der Waals surface area contributed by atoms with E-state index < -0.39 is 22.0 Å². The number of likely N-dealkylation sites (N-methyl/N-ethyl adjacent to an activating group) is 1. The number of aryl methyl sites for hydroxylation is 1. The molecule has 0 aliphatic carbocycles. The number of sulfonamides is 1. The number of hydrogen-bond acceptors (Lipinski definition) is 5. The van der Waals surface area contributed by atoms with Crippen molar-refractivity contribution in [2.75, 3.05) is 24.6 Å². The lowest BCUT2D eigenvalue weighted by Crippen LogP contribution is -2.47. The number of para-hydroxylation sites is 1. The number of nitrogens with zero attached hydrogens (tertiary/aromatic N) is 3. The number of carbonyl (C=O) groups excluding carboxylic acids is 2. The predicted octanol–water partition coefficient (Wildman–Crippen LogP) is 2.41. The summed E-state index contributed by atoms with van der Waals surface area (Å²) in [6.45, 7) is 4.44. The number of anilines is 1. The molecule has 162 valence electrons. The summed E-state index contributed by atoms with van der Waals surface area (Å²) in [4.78, 5) is 26.9. The summed E-state index contributed by atoms with van der Waals surface area (Å²) < 4.78 is 34.3. The molecule has 1 atom stereocenters. The number of esters is 1. The second-order valence-electron chi connectivity index (χ2n) is 7.08. The van der Waals surface area contributed by atoms with Crippen LogP contribution in [0.3, 0.4) is 0 Å². The van der Waals surface area contributed by atoms with Crippen LogP contribution in [-0.2, 0) is 26.6 Å². The highest BCUT2D eigenvalue weighted by Gasteiger charge is 2.42. The maximum absolute atomic E-state index is 13.3. The van der Waals surface area contributed by atoms with Gasteiger partial charge in [0.25, 0.3) is 0 Å². The Morgan fingerprint density at radius 2 is 1.90 bits per heavy atom. The molecule has 0 bridgehead atoms. The molecule has 0 unspecified atom stereocenters. The SMILES string of the molecule is CCOC(=O)c1cc(S(=O)(=O)N2CCC[C@H]2C(=O)N(CC)c2ccccc2)cn1C. The average molecular weight is 434 g/mol. The molecule has 1 aliphatic rings. The summed E-state index contributed by atoms with van der Waals surface area (Å²) in [5.41, 5.74) is 0.885. The van der Waals surface area contributed by atoms with Gasteiger partial charge < -0.3 is 14.2 Å². The van der Waals surface area contributed by atoms with Gasteiger partial charge in [-0.05, 0) is 44.9 Å². The van der Waals surface area contributed by atoms with Gasteiger partial charge in [-0.25, -0.2) is 13.2 Å². The predicted molar refractivity (Wildman–Crippen MR) is 113 cm³/mol. The minimum atomic E-state index is -3.95. The fourth-order valence-electron chi connectivity index (χ4n) is 3.75. The first-order chi connectivity index (χ1) is 14.3. The van der Waals surface area contributed by atoms with Crippen LogP contribution in [0.2, 0.25) is 0 Å². The molecule has 2 heterocycles. The molecule has 1 amide bonds. The van der Waals surface area contributed by atoms with Crippen molar-refractivity contribution in [3.05, 3.63) is 48.3 Å². The fourth-order valence-corrected chi connectivity index (χ4v) is 5.47. The molecule has 1 aromatic heterocycles. The summed E-state index contributed by atoms with van der Waals surface area (Å²) in [6.07, 6.45) is 2.44. The van der Waals surface area contributed by atoms with Crippen LogP contribution in [0.15, 0.2) is 47.5 Å². The molecule has 1 aliphatic heterocycles. The number of hydrogen-bond donors (Lipinski definition) is 0. The van der Waals surface area contributed by atoms with Crippen LogP contribution in [0.5, 0.6) is 0 Å². The zero-order valence-corrected chi connectivity index (χ0v) is 18.3. The Morgan fingerprint density at radius 1 is 1.20 bits per heavy atom. The smallest absolute Gasteiger partial charge is 0.354 e. The quantitative estimate of drug-likeness (QED) is 0.626. The Bertz CT molecular complexity index is 1020. The largest absolute Gasteiger partial charge is 0.461 e. The number of carbonyl (C=O) groups is 2. The van der Waals surface area contributed by atoms with Gasteiger partial charge in [-0.2, -0.15) is 4.31 Å². The maximum Gasteiger partial charge on any atom is 0.354 e. The van der Waals surface area contributed by atoms with E-state index in [9.17, 15) is 18.0 Å². The van der Waals surface area contributed by atoms with E-state index in [2.05, 4.69) is 0 Å². The Balaban J connectivity index is 1.90. The maximum atomic E-state index is 13.3. The molecular formula is C21H27N3O5S. The number of aromatic nitrogens is 1. The topological polar surface area (TPSA) is 88.9 Å². The van der Waals surface area contributed by atoms with Crippen LogP contribution in [-0.4, -0.2) is 54.9 Å². The van der Waals surface area contributed by atoms with Gasteiger partial charge in [0.05, 0.1) is 6.61 Å². The molecule has 0 saturated carbocycles. The van der Waals surface area contributed by atoms with Crippen molar-refractivity contribution < 1.29 is 22.7 Å². The third-order valence-corrected chi connectivity index (χ3v) is 7.08. The highest BCUT2D eigenvalue weighted by Crippen LogP contribution is 2.29. The summed E-state index contributed by atoms with van der Waals surface area (Å²) in [5, 5.41) is 0. The van der Waals surface area contributed by atoms with Gasteiger partial charge in [0.2, 0.25) is 15.9 Å². The summed E-state index contributed by atoms with van der Waals surface area (Å²) in [5.74, 6) is -0.831. The van der Waals surface area contributed by atoms with E-state index in [4.69, 9.17) is 4.74 Å². The van der Waals surface area contributed by atoms with Crippen molar-refractivity contribution >= 4 is 27.6 Å². The Labute approximate surface area is 177 Å². The van der Waals surface area contributed by atoms with E-state index in [0.717, 1.165) is 5.69 Å². The van der Waals surface area contributed by atoms with Crippen LogP contribution in [0, 0.1) is 0 Å². The number of benzene rings is 1. The van der Waals surface area contributed by atoms with Crippen molar-refractivity contribution in [2.45, 2.75) is 37.6 Å². The third-order valence-electron chi connectivity index (χ3n) is 5.21. The van der Waals surface area contributed by atoms with Gasteiger partial charge in [0, 0.05) is 32.0 Å². The average Bonchev–Trinajstić information content (AvgIpc) is 3.37. The van der Waals surface area contributed by atoms with E-state index in [1.807, 2.05) is 37.3 Å². The number of amides is 1. The molecule has 3 rings (SSSR count). The number of ether oxygens (including phenoxy) is 1. The zero-order chi connectivity index (χ0) is 21.9. The van der Waals surface area contributed by atoms with E-state index in [-0.39, 0.29) is 29.6 Å². The molecule has 2 aromatic rings. The molecule has 1 fully saturated rings. The van der Waals surface area contributed by atoms with E-state index in [0.29, 0.717) is 19.4 Å². The Morgan fingerprint density at radius 3 is 2.53 bits per heavy atom. The summed E-state index contributed by atoms with van der Waals surface area (Å²) >= 11 is 0. The van der Waals surface area contributed by atoms with Crippen LogP contribution in [0.25, 0.3) is 0 Å². The summed E-state index contributed by atoms with van der Waals surface area (Å²) in [7, 11) is -2.36. The van der Waals surface area contributed by atoms with Gasteiger partial charge in [0.1, 0.15) is 16.6 Å². The highest BCUT2D eigenvalue weighted by molar-refractivity contribution is 7.89. The molecule has 0 radical (unpaired) electrons. The monoisotopic (exact) mass is 433 g/mol. The van der Waals surface area contributed by atoms with Crippen LogP contribution in [0.4, 0.5) is 5.69 Å². The van der Waals surface area contributed by atoms with Crippen molar-refractivity contribution in [3.8, 4) is 0 Å². The molecular weight excluding hydrogens is 406 g/mol. The standard InChI is InChI=1S/C21H27N3O5S/c1-4-23(16-10-7-6-8-11-16)20(25)18-12-9-13-24(18)30(27,28)17-14-19(22(3)15-17)21(26)29-5-2/h6-8,10-11,14-15,18H,4-5,9,12-13H2,1-3H3/t18-/m0/s1. The zero-order valence-electron chi connectivity index (χ0n) is 17.4. The van der Waals surface area contributed by atoms with Gasteiger partial charge in [-0.15, -0.1) is 0 Å². The molecule has 1 aromatic carbocycles. The van der Waals surface area contributed by atoms with Crippen molar-refractivity contribution in [1.29, 1.82) is 0 Å². The molecule has 1 saturated heterocycles. The molecule has 9 heteroatoms. The minimum Gasteiger partial charge on any atom is -0.461 e. The third kappa shape index (κ3) is 4.13. The lowest BCUT2D eigenvalue weighted by Gasteiger charge is -2.29. The first-order valence-electron chi connectivity index (χ1n) is 10.0. The minimum absolute atomic E-state index is 0.0180. The van der Waals surface area contributed by atoms with Crippen molar-refractivity contribution in [2.24, 2.45) is 7.05 Å². The van der Waals surface area contributed by atoms with Crippen LogP contribution >= 0.6 is 0 Å². The summed E-state index contributed by atoms with van der Waals surface area (Å²) in [6, 6.07) is 9.74. The van der Waals surface area contributed by atoms with Gasteiger partial charge in [-0.3, -0.25) is 4.79 Å². The van der Waals surface area contributed by atoms with Gasteiger partial charge in [0.15, 0.2) is 0 Å². The molecule has 0 spiro atoms. The van der Waals surface area contributed by atoms with Crippen molar-refractivity contribution in [3.63, 3.8) is 0 Å². The Kier molecular flexibility index (Phi) is 6.62. The number of rotatable bonds is 7. The van der Waals surface area contributed by atoms with Gasteiger partial charge in [-0.1, -0.05) is 18.2 Å². The van der Waals surface area contributed by atoms with E-state index in [1.165, 1.54) is 21.1 Å². The lowest BCUT2D eigenvalue weighted by atomic mass is 10.2. The Hall–Kier alpha value is -2.65. The molecule has 30 heavy (non-hydrogen) atoms. The second kappa shape index (κ2) is 9.01. The van der Waals surface area contributed by atoms with E-state index >= 15 is 0 Å². The molecule has 0 N–H and O–H groups in total. The molecule has 8 nitrogen and oxygen atoms in total. The normalized spacial score (nSPS) is 17.1. The van der Waals surface area contributed by atoms with Crippen molar-refractivity contribution in [1.82, 2.24) is 8.87 Å². The first-order valence-corrected chi connectivity index (χ1v) is 11.5. The van der Waals surface area contributed by atoms with Crippen LogP contribution in [0.1, 0.15) is 37.2 Å². The van der Waals surface area contributed by atoms with Gasteiger partial charge >= 0.3 is 5.97 Å². The second-order valence-corrected chi connectivity index (χ2v) is 8.97. The first kappa shape index (κ1) is 22.0. The highest BCUT2D eigenvalue weighted by atomic mass is 32.2. The van der Waals surface area contributed by atoms with Crippen LogP contribution < -0.4 is 4.90 Å².